The molecule has 0 bridgehead atoms. The standard InChI is InChI=1S/C18H15ClFNO2/c1-11-14-4-3-5-15(19)17(14)23-16(11)18(22)21(2)10-12-6-8-13(20)9-7-12/h3-9H,10H2,1-2H3. The van der Waals surface area contributed by atoms with Gasteiger partial charge in [-0.25, -0.2) is 4.39 Å². The van der Waals surface area contributed by atoms with Gasteiger partial charge in [0.1, 0.15) is 5.82 Å². The first-order valence-corrected chi connectivity index (χ1v) is 7.52. The molecule has 0 radical (unpaired) electrons. The number of fused-ring (bicyclic) bond motifs is 1. The number of amides is 1. The molecule has 2 aromatic carbocycles. The molecule has 3 nitrogen and oxygen atoms in total. The summed E-state index contributed by atoms with van der Waals surface area (Å²) in [7, 11) is 1.68. The van der Waals surface area contributed by atoms with Gasteiger partial charge in [0.2, 0.25) is 0 Å². The van der Waals surface area contributed by atoms with Gasteiger partial charge in [-0.15, -0.1) is 0 Å². The lowest BCUT2D eigenvalue weighted by atomic mass is 10.1. The van der Waals surface area contributed by atoms with Crippen LogP contribution in [0.1, 0.15) is 21.7 Å². The van der Waals surface area contributed by atoms with Crippen molar-refractivity contribution < 1.29 is 13.6 Å². The number of hydrogen-bond acceptors (Lipinski definition) is 2. The number of aryl methyl sites for hydroxylation is 1. The first kappa shape index (κ1) is 15.6. The number of halogens is 2. The van der Waals surface area contributed by atoms with Gasteiger partial charge in [0.15, 0.2) is 11.3 Å². The molecule has 1 heterocycles. The van der Waals surface area contributed by atoms with Crippen LogP contribution in [0, 0.1) is 12.7 Å². The number of benzene rings is 2. The maximum absolute atomic E-state index is 12.9. The van der Waals surface area contributed by atoms with Crippen LogP contribution in [0.5, 0.6) is 0 Å². The molecule has 0 saturated carbocycles. The van der Waals surface area contributed by atoms with Crippen molar-refractivity contribution in [1.82, 2.24) is 4.90 Å². The lowest BCUT2D eigenvalue weighted by Gasteiger charge is -2.16. The summed E-state index contributed by atoms with van der Waals surface area (Å²) in [6.45, 7) is 2.20. The fourth-order valence-corrected chi connectivity index (χ4v) is 2.73. The van der Waals surface area contributed by atoms with Gasteiger partial charge in [0.25, 0.3) is 5.91 Å². The number of para-hydroxylation sites is 1. The molecule has 0 atom stereocenters. The van der Waals surface area contributed by atoms with E-state index in [9.17, 15) is 9.18 Å². The Morgan fingerprint density at radius 2 is 1.91 bits per heavy atom. The highest BCUT2D eigenvalue weighted by Crippen LogP contribution is 2.31. The van der Waals surface area contributed by atoms with Crippen LogP contribution < -0.4 is 0 Å². The van der Waals surface area contributed by atoms with Crippen LogP contribution in [0.4, 0.5) is 4.39 Å². The zero-order chi connectivity index (χ0) is 16.6. The maximum Gasteiger partial charge on any atom is 0.289 e. The van der Waals surface area contributed by atoms with E-state index in [1.165, 1.54) is 17.0 Å². The van der Waals surface area contributed by atoms with Crippen molar-refractivity contribution in [1.29, 1.82) is 0 Å². The fourth-order valence-electron chi connectivity index (χ4n) is 2.52. The van der Waals surface area contributed by atoms with E-state index in [1.54, 1.807) is 25.2 Å². The summed E-state index contributed by atoms with van der Waals surface area (Å²) in [4.78, 5) is 14.2. The molecule has 0 aliphatic rings. The molecule has 1 aromatic heterocycles. The van der Waals surface area contributed by atoms with Gasteiger partial charge in [0, 0.05) is 24.5 Å². The molecule has 0 aliphatic carbocycles. The Balaban J connectivity index is 1.89. The molecule has 0 fully saturated rings. The smallest absolute Gasteiger partial charge is 0.289 e. The van der Waals surface area contributed by atoms with Gasteiger partial charge in [0.05, 0.1) is 5.02 Å². The number of furan rings is 1. The van der Waals surface area contributed by atoms with Crippen LogP contribution >= 0.6 is 11.6 Å². The second-order valence-corrected chi connectivity index (χ2v) is 5.87. The third-order valence-electron chi connectivity index (χ3n) is 3.79. The van der Waals surface area contributed by atoms with E-state index in [0.717, 1.165) is 16.5 Å². The summed E-state index contributed by atoms with van der Waals surface area (Å²) in [5.74, 6) is -0.262. The van der Waals surface area contributed by atoms with Crippen LogP contribution in [-0.2, 0) is 6.54 Å². The first-order valence-electron chi connectivity index (χ1n) is 7.15. The number of carbonyl (C=O) groups is 1. The summed E-state index contributed by atoms with van der Waals surface area (Å²) in [6, 6.07) is 11.5. The van der Waals surface area contributed by atoms with Crippen LogP contribution in [0.25, 0.3) is 11.0 Å². The van der Waals surface area contributed by atoms with Crippen LogP contribution in [0.2, 0.25) is 5.02 Å². The topological polar surface area (TPSA) is 33.5 Å². The second kappa shape index (κ2) is 6.05. The van der Waals surface area contributed by atoms with Gasteiger partial charge in [-0.2, -0.15) is 0 Å². The van der Waals surface area contributed by atoms with Crippen molar-refractivity contribution in [3.05, 3.63) is 70.2 Å². The average molecular weight is 332 g/mol. The molecule has 0 unspecified atom stereocenters. The molecule has 0 spiro atoms. The van der Waals surface area contributed by atoms with Crippen molar-refractivity contribution in [2.45, 2.75) is 13.5 Å². The molecule has 1 amide bonds. The Morgan fingerprint density at radius 3 is 2.57 bits per heavy atom. The van der Waals surface area contributed by atoms with Crippen LogP contribution in [0.15, 0.2) is 46.9 Å². The lowest BCUT2D eigenvalue weighted by molar-refractivity contribution is 0.0755. The normalized spacial score (nSPS) is 11.0. The maximum atomic E-state index is 12.9. The molecule has 0 N–H and O–H groups in total. The van der Waals surface area contributed by atoms with Crippen molar-refractivity contribution in [3.8, 4) is 0 Å². The van der Waals surface area contributed by atoms with E-state index in [2.05, 4.69) is 0 Å². The van der Waals surface area contributed by atoms with Crippen LogP contribution in [-0.4, -0.2) is 17.9 Å². The van der Waals surface area contributed by atoms with E-state index in [-0.39, 0.29) is 17.5 Å². The van der Waals surface area contributed by atoms with Crippen molar-refractivity contribution in [2.75, 3.05) is 7.05 Å². The highest BCUT2D eigenvalue weighted by atomic mass is 35.5. The highest BCUT2D eigenvalue weighted by Gasteiger charge is 2.22. The zero-order valence-corrected chi connectivity index (χ0v) is 13.5. The zero-order valence-electron chi connectivity index (χ0n) is 12.8. The summed E-state index contributed by atoms with van der Waals surface area (Å²) < 4.78 is 18.6. The molecule has 118 valence electrons. The predicted molar refractivity (Wildman–Crippen MR) is 88.2 cm³/mol. The quantitative estimate of drug-likeness (QED) is 0.690. The minimum Gasteiger partial charge on any atom is -0.449 e. The van der Waals surface area contributed by atoms with Crippen molar-refractivity contribution in [3.63, 3.8) is 0 Å². The number of nitrogens with zero attached hydrogens (tertiary/aromatic N) is 1. The van der Waals surface area contributed by atoms with E-state index in [0.29, 0.717) is 17.2 Å². The Bertz CT molecular complexity index is 871. The predicted octanol–water partition coefficient (Wildman–Crippen LogP) is 4.81. The molecular formula is C18H15ClFNO2. The lowest BCUT2D eigenvalue weighted by Crippen LogP contribution is -2.26. The monoisotopic (exact) mass is 331 g/mol. The molecular weight excluding hydrogens is 317 g/mol. The molecule has 5 heteroatoms. The summed E-state index contributed by atoms with van der Waals surface area (Å²) >= 11 is 6.12. The van der Waals surface area contributed by atoms with Gasteiger partial charge < -0.3 is 9.32 Å². The van der Waals surface area contributed by atoms with Gasteiger partial charge >= 0.3 is 0 Å². The summed E-state index contributed by atoms with van der Waals surface area (Å²) in [5.41, 5.74) is 2.12. The highest BCUT2D eigenvalue weighted by molar-refractivity contribution is 6.35. The number of carbonyl (C=O) groups excluding carboxylic acids is 1. The fraction of sp³-hybridized carbons (Fsp3) is 0.167. The van der Waals surface area contributed by atoms with E-state index < -0.39 is 0 Å². The summed E-state index contributed by atoms with van der Waals surface area (Å²) in [5, 5.41) is 1.31. The van der Waals surface area contributed by atoms with Crippen molar-refractivity contribution in [2.24, 2.45) is 0 Å². The molecule has 3 rings (SSSR count). The molecule has 0 saturated heterocycles. The van der Waals surface area contributed by atoms with E-state index >= 15 is 0 Å². The first-order chi connectivity index (χ1) is 11.0. The van der Waals surface area contributed by atoms with Gasteiger partial charge in [-0.1, -0.05) is 35.9 Å². The Morgan fingerprint density at radius 1 is 1.22 bits per heavy atom. The molecule has 3 aromatic rings. The third kappa shape index (κ3) is 2.94. The van der Waals surface area contributed by atoms with Crippen molar-refractivity contribution >= 4 is 28.5 Å². The Hall–Kier alpha value is -2.33. The van der Waals surface area contributed by atoms with Gasteiger partial charge in [-0.05, 0) is 30.7 Å². The minimum atomic E-state index is -0.300. The van der Waals surface area contributed by atoms with E-state index in [1.807, 2.05) is 19.1 Å². The Kier molecular flexibility index (Phi) is 4.09. The van der Waals surface area contributed by atoms with Gasteiger partial charge in [-0.3, -0.25) is 4.79 Å². The third-order valence-corrected chi connectivity index (χ3v) is 4.09. The largest absolute Gasteiger partial charge is 0.449 e. The number of hydrogen-bond donors (Lipinski definition) is 0. The van der Waals surface area contributed by atoms with Crippen LogP contribution in [0.3, 0.4) is 0 Å². The SMILES string of the molecule is Cc1c(C(=O)N(C)Cc2ccc(F)cc2)oc2c(Cl)cccc12. The molecule has 23 heavy (non-hydrogen) atoms. The second-order valence-electron chi connectivity index (χ2n) is 5.46. The minimum absolute atomic E-state index is 0.237. The Labute approximate surface area is 138 Å². The number of rotatable bonds is 3. The molecule has 0 aliphatic heterocycles. The van der Waals surface area contributed by atoms with E-state index in [4.69, 9.17) is 16.0 Å². The average Bonchev–Trinajstić information content (AvgIpc) is 2.87. The summed E-state index contributed by atoms with van der Waals surface area (Å²) in [6.07, 6.45) is 0.